The maximum Gasteiger partial charge on any atom is 0.345 e. The molecular formula is C11H15NO4S2. The van der Waals surface area contributed by atoms with Crippen molar-refractivity contribution in [3.63, 3.8) is 0 Å². The Morgan fingerprint density at radius 1 is 1.50 bits per heavy atom. The van der Waals surface area contributed by atoms with E-state index in [2.05, 4.69) is 0 Å². The maximum atomic E-state index is 12.0. The van der Waals surface area contributed by atoms with Crippen LogP contribution in [0.1, 0.15) is 34.0 Å². The zero-order valence-corrected chi connectivity index (χ0v) is 11.8. The fourth-order valence-corrected chi connectivity index (χ4v) is 4.19. The summed E-state index contributed by atoms with van der Waals surface area (Å²) in [5.41, 5.74) is 0.827. The van der Waals surface area contributed by atoms with Crippen LogP contribution in [0.4, 0.5) is 0 Å². The quantitative estimate of drug-likeness (QED) is 0.916. The minimum atomic E-state index is -3.26. The van der Waals surface area contributed by atoms with Gasteiger partial charge in [-0.15, -0.1) is 11.3 Å². The SMILES string of the molecule is CC(C)S(=O)(=O)N1CCc2sc(C(=O)O)cc2C1. The number of nitrogens with zero attached hydrogens (tertiary/aromatic N) is 1. The Morgan fingerprint density at radius 3 is 2.72 bits per heavy atom. The largest absolute Gasteiger partial charge is 0.477 e. The Hall–Kier alpha value is -0.920. The second-order valence-electron chi connectivity index (χ2n) is 4.54. The average molecular weight is 289 g/mol. The van der Waals surface area contributed by atoms with Gasteiger partial charge in [-0.1, -0.05) is 0 Å². The van der Waals surface area contributed by atoms with Gasteiger partial charge in [0.2, 0.25) is 10.0 Å². The summed E-state index contributed by atoms with van der Waals surface area (Å²) < 4.78 is 25.5. The molecule has 0 amide bonds. The van der Waals surface area contributed by atoms with Gasteiger partial charge in [0.25, 0.3) is 0 Å². The average Bonchev–Trinajstić information content (AvgIpc) is 2.71. The van der Waals surface area contributed by atoms with Gasteiger partial charge in [0.15, 0.2) is 0 Å². The number of sulfonamides is 1. The molecule has 0 aromatic carbocycles. The Bertz CT molecular complexity index is 574. The fourth-order valence-electron chi connectivity index (χ4n) is 1.93. The van der Waals surface area contributed by atoms with Crippen LogP contribution in [0.3, 0.4) is 0 Å². The van der Waals surface area contributed by atoms with E-state index in [0.717, 1.165) is 10.4 Å². The first-order valence-electron chi connectivity index (χ1n) is 5.66. The minimum absolute atomic E-state index is 0.281. The lowest BCUT2D eigenvalue weighted by atomic mass is 10.1. The third-order valence-corrected chi connectivity index (χ3v) is 6.45. The van der Waals surface area contributed by atoms with E-state index in [1.165, 1.54) is 15.6 Å². The molecule has 1 aromatic heterocycles. The summed E-state index contributed by atoms with van der Waals surface area (Å²) in [5, 5.41) is 8.48. The smallest absolute Gasteiger partial charge is 0.345 e. The molecule has 0 saturated carbocycles. The first-order valence-corrected chi connectivity index (χ1v) is 7.98. The molecule has 2 rings (SSSR count). The summed E-state index contributed by atoms with van der Waals surface area (Å²) >= 11 is 1.24. The zero-order valence-electron chi connectivity index (χ0n) is 10.2. The van der Waals surface area contributed by atoms with Crippen molar-refractivity contribution in [1.82, 2.24) is 4.31 Å². The van der Waals surface area contributed by atoms with Gasteiger partial charge in [0, 0.05) is 18.0 Å². The van der Waals surface area contributed by atoms with Crippen molar-refractivity contribution < 1.29 is 18.3 Å². The number of hydrogen-bond acceptors (Lipinski definition) is 4. The molecule has 0 bridgehead atoms. The first-order chi connectivity index (χ1) is 8.32. The van der Waals surface area contributed by atoms with Crippen LogP contribution in [0.25, 0.3) is 0 Å². The lowest BCUT2D eigenvalue weighted by molar-refractivity contribution is 0.0702. The molecule has 100 valence electrons. The summed E-state index contributed by atoms with van der Waals surface area (Å²) in [4.78, 5) is 12.2. The van der Waals surface area contributed by atoms with Gasteiger partial charge in [0.1, 0.15) is 4.88 Å². The number of carbonyl (C=O) groups is 1. The molecule has 1 aliphatic heterocycles. The molecule has 7 heteroatoms. The number of rotatable bonds is 3. The van der Waals surface area contributed by atoms with Crippen molar-refractivity contribution in [3.8, 4) is 0 Å². The first kappa shape index (κ1) is 13.5. The van der Waals surface area contributed by atoms with E-state index in [-0.39, 0.29) is 4.88 Å². The molecule has 2 heterocycles. The predicted octanol–water partition coefficient (Wildman–Crippen LogP) is 1.54. The van der Waals surface area contributed by atoms with Crippen LogP contribution >= 0.6 is 11.3 Å². The fraction of sp³-hybridized carbons (Fsp3) is 0.545. The highest BCUT2D eigenvalue weighted by Gasteiger charge is 2.30. The molecule has 0 radical (unpaired) electrons. The topological polar surface area (TPSA) is 74.7 Å². The van der Waals surface area contributed by atoms with Crippen LogP contribution in [0.15, 0.2) is 6.07 Å². The number of thiophene rings is 1. The van der Waals surface area contributed by atoms with Crippen LogP contribution < -0.4 is 0 Å². The molecule has 0 spiro atoms. The molecule has 1 aromatic rings. The van der Waals surface area contributed by atoms with Crippen LogP contribution in [-0.4, -0.2) is 35.6 Å². The third kappa shape index (κ3) is 2.30. The maximum absolute atomic E-state index is 12.0. The number of carboxylic acid groups (broad SMARTS) is 1. The summed E-state index contributed by atoms with van der Waals surface area (Å²) in [7, 11) is -3.26. The number of carboxylic acids is 1. The van der Waals surface area contributed by atoms with Crippen LogP contribution in [0.5, 0.6) is 0 Å². The second-order valence-corrected chi connectivity index (χ2v) is 8.17. The summed E-state index contributed by atoms with van der Waals surface area (Å²) in [6.07, 6.45) is 0.596. The van der Waals surface area contributed by atoms with Crippen molar-refractivity contribution in [1.29, 1.82) is 0 Å². The monoisotopic (exact) mass is 289 g/mol. The molecule has 0 fully saturated rings. The van der Waals surface area contributed by atoms with Gasteiger partial charge < -0.3 is 5.11 Å². The third-order valence-electron chi connectivity index (χ3n) is 3.00. The van der Waals surface area contributed by atoms with Gasteiger partial charge in [0.05, 0.1) is 5.25 Å². The summed E-state index contributed by atoms with van der Waals surface area (Å²) in [6.45, 7) is 4.04. The Morgan fingerprint density at radius 2 is 2.17 bits per heavy atom. The van der Waals surface area contributed by atoms with Crippen molar-refractivity contribution in [2.75, 3.05) is 6.54 Å². The van der Waals surface area contributed by atoms with E-state index in [1.807, 2.05) is 0 Å². The molecule has 1 aliphatic rings. The highest BCUT2D eigenvalue weighted by molar-refractivity contribution is 7.89. The molecule has 0 saturated heterocycles. The van der Waals surface area contributed by atoms with Gasteiger partial charge in [-0.3, -0.25) is 0 Å². The number of hydrogen-bond donors (Lipinski definition) is 1. The van der Waals surface area contributed by atoms with E-state index >= 15 is 0 Å². The molecule has 18 heavy (non-hydrogen) atoms. The van der Waals surface area contributed by atoms with Gasteiger partial charge in [-0.05, 0) is 31.9 Å². The van der Waals surface area contributed by atoms with Crippen LogP contribution in [-0.2, 0) is 23.0 Å². The van der Waals surface area contributed by atoms with Crippen LogP contribution in [0.2, 0.25) is 0 Å². The standard InChI is InChI=1S/C11H15NO4S2/c1-7(2)18(15,16)12-4-3-9-8(6-12)5-10(17-9)11(13)14/h5,7H,3-4,6H2,1-2H3,(H,13,14). The van der Waals surface area contributed by atoms with Crippen molar-refractivity contribution in [3.05, 3.63) is 21.4 Å². The van der Waals surface area contributed by atoms with E-state index < -0.39 is 21.2 Å². The minimum Gasteiger partial charge on any atom is -0.477 e. The molecular weight excluding hydrogens is 274 g/mol. The Balaban J connectivity index is 2.28. The van der Waals surface area contributed by atoms with Crippen molar-refractivity contribution in [2.24, 2.45) is 0 Å². The van der Waals surface area contributed by atoms with Gasteiger partial charge in [-0.2, -0.15) is 4.31 Å². The highest BCUT2D eigenvalue weighted by atomic mass is 32.2. The van der Waals surface area contributed by atoms with E-state index in [1.54, 1.807) is 19.9 Å². The van der Waals surface area contributed by atoms with E-state index in [9.17, 15) is 13.2 Å². The molecule has 5 nitrogen and oxygen atoms in total. The van der Waals surface area contributed by atoms with Gasteiger partial charge in [-0.25, -0.2) is 13.2 Å². The van der Waals surface area contributed by atoms with E-state index in [0.29, 0.717) is 19.5 Å². The molecule has 0 aliphatic carbocycles. The zero-order chi connectivity index (χ0) is 13.5. The Kier molecular flexibility index (Phi) is 3.48. The predicted molar refractivity (Wildman–Crippen MR) is 69.4 cm³/mol. The van der Waals surface area contributed by atoms with E-state index in [4.69, 9.17) is 5.11 Å². The summed E-state index contributed by atoms with van der Waals surface area (Å²) in [6, 6.07) is 1.59. The van der Waals surface area contributed by atoms with Crippen molar-refractivity contribution in [2.45, 2.75) is 32.1 Å². The Labute approximate surface area is 110 Å². The lowest BCUT2D eigenvalue weighted by Crippen LogP contribution is -2.39. The van der Waals surface area contributed by atoms with Crippen molar-refractivity contribution >= 4 is 27.3 Å². The highest BCUT2D eigenvalue weighted by Crippen LogP contribution is 2.30. The van der Waals surface area contributed by atoms with Crippen LogP contribution in [0, 0.1) is 0 Å². The molecule has 0 atom stereocenters. The van der Waals surface area contributed by atoms with Gasteiger partial charge >= 0.3 is 5.97 Å². The summed E-state index contributed by atoms with van der Waals surface area (Å²) in [5.74, 6) is -0.951. The number of fused-ring (bicyclic) bond motifs is 1. The molecule has 1 N–H and O–H groups in total. The number of aromatic carboxylic acids is 1. The lowest BCUT2D eigenvalue weighted by Gasteiger charge is -2.27. The second kappa shape index (κ2) is 4.64. The molecule has 0 unspecified atom stereocenters. The normalized spacial score (nSPS) is 16.8.